The molecule has 0 radical (unpaired) electrons. The average Bonchev–Trinajstić information content (AvgIpc) is 2.97. The Morgan fingerprint density at radius 1 is 1.43 bits per heavy atom. The van der Waals surface area contributed by atoms with Crippen molar-refractivity contribution in [1.29, 1.82) is 0 Å². The van der Waals surface area contributed by atoms with E-state index in [1.54, 1.807) is 6.26 Å². The molecule has 2 heterocycles. The van der Waals surface area contributed by atoms with Crippen molar-refractivity contribution in [1.82, 2.24) is 15.2 Å². The maximum Gasteiger partial charge on any atom is 0.229 e. The normalized spacial score (nSPS) is 18.7. The molecule has 1 aromatic heterocycles. The maximum atomic E-state index is 12.3. The first-order valence-corrected chi connectivity index (χ1v) is 7.24. The summed E-state index contributed by atoms with van der Waals surface area (Å²) in [6, 6.07) is 9.93. The first-order valence-electron chi connectivity index (χ1n) is 7.24. The van der Waals surface area contributed by atoms with Crippen molar-refractivity contribution >= 4 is 5.91 Å². The van der Waals surface area contributed by atoms with Crippen LogP contribution >= 0.6 is 0 Å². The largest absolute Gasteiger partial charge is 0.444 e. The summed E-state index contributed by atoms with van der Waals surface area (Å²) >= 11 is 0. The molecule has 1 amide bonds. The van der Waals surface area contributed by atoms with Gasteiger partial charge in [-0.3, -0.25) is 4.79 Å². The first-order chi connectivity index (χ1) is 10.2. The topological polar surface area (TPSA) is 58.4 Å². The number of hydrogen-bond donors (Lipinski definition) is 1. The fourth-order valence-corrected chi connectivity index (χ4v) is 2.57. The van der Waals surface area contributed by atoms with Gasteiger partial charge in [-0.25, -0.2) is 4.98 Å². The van der Waals surface area contributed by atoms with Gasteiger partial charge in [0.05, 0.1) is 12.1 Å². The molecule has 1 fully saturated rings. The predicted octanol–water partition coefficient (Wildman–Crippen LogP) is 1.70. The van der Waals surface area contributed by atoms with Crippen LogP contribution in [-0.4, -0.2) is 41.5 Å². The van der Waals surface area contributed by atoms with Crippen LogP contribution in [0.2, 0.25) is 0 Å². The van der Waals surface area contributed by atoms with Gasteiger partial charge in [0.1, 0.15) is 6.26 Å². The maximum absolute atomic E-state index is 12.3. The third-order valence-corrected chi connectivity index (χ3v) is 3.73. The summed E-state index contributed by atoms with van der Waals surface area (Å²) in [6.45, 7) is 4.51. The number of amides is 1. The Morgan fingerprint density at radius 2 is 2.24 bits per heavy atom. The van der Waals surface area contributed by atoms with Crippen LogP contribution in [-0.2, 0) is 11.2 Å². The number of carbonyl (C=O) groups is 1. The van der Waals surface area contributed by atoms with E-state index < -0.39 is 0 Å². The highest BCUT2D eigenvalue weighted by Gasteiger charge is 2.23. The Hall–Kier alpha value is -2.14. The highest BCUT2D eigenvalue weighted by Crippen LogP contribution is 2.18. The van der Waals surface area contributed by atoms with Gasteiger partial charge >= 0.3 is 0 Å². The summed E-state index contributed by atoms with van der Waals surface area (Å²) in [7, 11) is 0. The number of benzene rings is 1. The minimum atomic E-state index is 0.108. The van der Waals surface area contributed by atoms with Crippen LogP contribution in [0.4, 0.5) is 0 Å². The van der Waals surface area contributed by atoms with Gasteiger partial charge in [-0.05, 0) is 19.1 Å². The zero-order valence-electron chi connectivity index (χ0n) is 12.1. The molecule has 1 aliphatic rings. The van der Waals surface area contributed by atoms with Crippen molar-refractivity contribution in [2.45, 2.75) is 19.4 Å². The van der Waals surface area contributed by atoms with Gasteiger partial charge in [-0.2, -0.15) is 0 Å². The van der Waals surface area contributed by atoms with Crippen LogP contribution in [0.15, 0.2) is 41.0 Å². The SMILES string of the molecule is C[C@@H]1CNCCN1C(=O)Cc1coc(-c2ccccc2)n1. The lowest BCUT2D eigenvalue weighted by molar-refractivity contribution is -0.133. The van der Waals surface area contributed by atoms with Crippen molar-refractivity contribution in [2.24, 2.45) is 0 Å². The minimum Gasteiger partial charge on any atom is -0.444 e. The van der Waals surface area contributed by atoms with Gasteiger partial charge in [-0.15, -0.1) is 0 Å². The number of nitrogens with one attached hydrogen (secondary N) is 1. The summed E-state index contributed by atoms with van der Waals surface area (Å²) in [5, 5.41) is 3.28. The Balaban J connectivity index is 1.68. The highest BCUT2D eigenvalue weighted by molar-refractivity contribution is 5.78. The predicted molar refractivity (Wildman–Crippen MR) is 79.7 cm³/mol. The van der Waals surface area contributed by atoms with E-state index in [0.717, 1.165) is 25.2 Å². The minimum absolute atomic E-state index is 0.108. The van der Waals surface area contributed by atoms with Crippen molar-refractivity contribution in [2.75, 3.05) is 19.6 Å². The van der Waals surface area contributed by atoms with E-state index in [-0.39, 0.29) is 11.9 Å². The highest BCUT2D eigenvalue weighted by atomic mass is 16.3. The molecule has 3 rings (SSSR count). The second-order valence-corrected chi connectivity index (χ2v) is 5.33. The third-order valence-electron chi connectivity index (χ3n) is 3.73. The van der Waals surface area contributed by atoms with E-state index in [0.29, 0.717) is 18.0 Å². The number of carbonyl (C=O) groups excluding carboxylic acids is 1. The van der Waals surface area contributed by atoms with Gasteiger partial charge in [-0.1, -0.05) is 18.2 Å². The number of hydrogen-bond acceptors (Lipinski definition) is 4. The number of piperazine rings is 1. The van der Waals surface area contributed by atoms with E-state index >= 15 is 0 Å². The average molecular weight is 285 g/mol. The lowest BCUT2D eigenvalue weighted by atomic mass is 10.2. The Labute approximate surface area is 124 Å². The molecule has 1 atom stereocenters. The van der Waals surface area contributed by atoms with E-state index in [1.165, 1.54) is 0 Å². The molecular weight excluding hydrogens is 266 g/mol. The van der Waals surface area contributed by atoms with Gasteiger partial charge in [0.25, 0.3) is 0 Å². The van der Waals surface area contributed by atoms with Crippen LogP contribution < -0.4 is 5.32 Å². The Kier molecular flexibility index (Phi) is 4.01. The van der Waals surface area contributed by atoms with Crippen LogP contribution in [0.3, 0.4) is 0 Å². The molecule has 0 bridgehead atoms. The molecule has 0 aliphatic carbocycles. The molecular formula is C16H19N3O2. The molecule has 110 valence electrons. The van der Waals surface area contributed by atoms with Crippen LogP contribution in [0, 0.1) is 0 Å². The summed E-state index contributed by atoms with van der Waals surface area (Å²) in [6.07, 6.45) is 1.87. The van der Waals surface area contributed by atoms with Gasteiger partial charge in [0.15, 0.2) is 0 Å². The summed E-state index contributed by atoms with van der Waals surface area (Å²) in [5.41, 5.74) is 1.61. The molecule has 2 aromatic rings. The molecule has 0 unspecified atom stereocenters. The van der Waals surface area contributed by atoms with Crippen molar-refractivity contribution in [3.8, 4) is 11.5 Å². The number of nitrogens with zero attached hydrogens (tertiary/aromatic N) is 2. The monoisotopic (exact) mass is 285 g/mol. The van der Waals surface area contributed by atoms with E-state index in [2.05, 4.69) is 17.2 Å². The standard InChI is InChI=1S/C16H19N3O2/c1-12-10-17-7-8-19(12)15(20)9-14-11-21-16(18-14)13-5-3-2-4-6-13/h2-6,11-12,17H,7-10H2,1H3/t12-/m1/s1. The summed E-state index contributed by atoms with van der Waals surface area (Å²) < 4.78 is 5.47. The summed E-state index contributed by atoms with van der Waals surface area (Å²) in [5.74, 6) is 0.670. The fourth-order valence-electron chi connectivity index (χ4n) is 2.57. The molecule has 1 aliphatic heterocycles. The van der Waals surface area contributed by atoms with Crippen LogP contribution in [0.25, 0.3) is 11.5 Å². The Morgan fingerprint density at radius 3 is 3.00 bits per heavy atom. The molecule has 0 spiro atoms. The second-order valence-electron chi connectivity index (χ2n) is 5.33. The van der Waals surface area contributed by atoms with Crippen molar-refractivity contribution < 1.29 is 9.21 Å². The molecule has 1 aromatic carbocycles. The van der Waals surface area contributed by atoms with Crippen molar-refractivity contribution in [3.05, 3.63) is 42.3 Å². The van der Waals surface area contributed by atoms with E-state index in [9.17, 15) is 4.79 Å². The lowest BCUT2D eigenvalue weighted by Gasteiger charge is -2.33. The fraction of sp³-hybridized carbons (Fsp3) is 0.375. The second kappa shape index (κ2) is 6.10. The quantitative estimate of drug-likeness (QED) is 0.932. The smallest absolute Gasteiger partial charge is 0.229 e. The Bertz CT molecular complexity index is 609. The molecule has 5 nitrogen and oxygen atoms in total. The molecule has 21 heavy (non-hydrogen) atoms. The van der Waals surface area contributed by atoms with Gasteiger partial charge in [0, 0.05) is 31.2 Å². The van der Waals surface area contributed by atoms with Crippen LogP contribution in [0.5, 0.6) is 0 Å². The van der Waals surface area contributed by atoms with Gasteiger partial charge < -0.3 is 14.6 Å². The zero-order chi connectivity index (χ0) is 14.7. The lowest BCUT2D eigenvalue weighted by Crippen LogP contribution is -2.52. The number of rotatable bonds is 3. The molecule has 0 saturated carbocycles. The third kappa shape index (κ3) is 3.13. The number of aromatic nitrogens is 1. The number of oxazole rings is 1. The summed E-state index contributed by atoms with van der Waals surface area (Å²) in [4.78, 5) is 18.7. The molecule has 1 N–H and O–H groups in total. The van der Waals surface area contributed by atoms with Gasteiger partial charge in [0.2, 0.25) is 11.8 Å². The molecule has 1 saturated heterocycles. The first kappa shape index (κ1) is 13.8. The van der Waals surface area contributed by atoms with Crippen molar-refractivity contribution in [3.63, 3.8) is 0 Å². The van der Waals surface area contributed by atoms with Crippen LogP contribution in [0.1, 0.15) is 12.6 Å². The van der Waals surface area contributed by atoms with E-state index in [4.69, 9.17) is 4.42 Å². The zero-order valence-corrected chi connectivity index (χ0v) is 12.1. The van der Waals surface area contributed by atoms with E-state index in [1.807, 2.05) is 35.2 Å². The molecule has 5 heteroatoms.